The minimum absolute atomic E-state index is 0.0692. The predicted octanol–water partition coefficient (Wildman–Crippen LogP) is 3.38. The van der Waals surface area contributed by atoms with E-state index in [9.17, 15) is 4.79 Å². The molecular formula is C24H28N2O3. The SMILES string of the molecule is COc1ccc(/C=C/C(=O)N2CCC(N3CCc4ccccc4C3)C2)cc1OC. The van der Waals surface area contributed by atoms with Gasteiger partial charge in [0.15, 0.2) is 11.5 Å². The lowest BCUT2D eigenvalue weighted by Crippen LogP contribution is -2.41. The monoisotopic (exact) mass is 392 g/mol. The molecule has 0 radical (unpaired) electrons. The van der Waals surface area contributed by atoms with Crippen molar-refractivity contribution in [1.29, 1.82) is 0 Å². The van der Waals surface area contributed by atoms with Crippen LogP contribution in [-0.2, 0) is 17.8 Å². The number of rotatable bonds is 5. The molecular weight excluding hydrogens is 364 g/mol. The van der Waals surface area contributed by atoms with Crippen LogP contribution in [0, 0.1) is 0 Å². The second kappa shape index (κ2) is 8.70. The third-order valence-electron chi connectivity index (χ3n) is 5.98. The number of likely N-dealkylation sites (tertiary alicyclic amines) is 1. The van der Waals surface area contributed by atoms with E-state index in [0.29, 0.717) is 17.5 Å². The van der Waals surface area contributed by atoms with Gasteiger partial charge >= 0.3 is 0 Å². The molecule has 0 N–H and O–H groups in total. The minimum atomic E-state index is 0.0692. The number of amides is 1. The molecule has 4 rings (SSSR count). The highest BCUT2D eigenvalue weighted by Gasteiger charge is 2.31. The summed E-state index contributed by atoms with van der Waals surface area (Å²) >= 11 is 0. The lowest BCUT2D eigenvalue weighted by molar-refractivity contribution is -0.125. The first-order valence-electron chi connectivity index (χ1n) is 10.2. The van der Waals surface area contributed by atoms with Gasteiger partial charge in [0.2, 0.25) is 5.91 Å². The van der Waals surface area contributed by atoms with Crippen LogP contribution in [0.2, 0.25) is 0 Å². The normalized spacial score (nSPS) is 19.4. The van der Waals surface area contributed by atoms with E-state index < -0.39 is 0 Å². The van der Waals surface area contributed by atoms with Gasteiger partial charge in [-0.2, -0.15) is 0 Å². The fourth-order valence-corrected chi connectivity index (χ4v) is 4.30. The van der Waals surface area contributed by atoms with Crippen molar-refractivity contribution in [2.75, 3.05) is 33.9 Å². The lowest BCUT2D eigenvalue weighted by atomic mass is 9.98. The van der Waals surface area contributed by atoms with E-state index in [2.05, 4.69) is 29.2 Å². The van der Waals surface area contributed by atoms with Gasteiger partial charge in [-0.05, 0) is 47.7 Å². The standard InChI is InChI=1S/C24H28N2O3/c1-28-22-9-7-18(15-23(22)29-2)8-10-24(27)26-14-12-21(17-26)25-13-11-19-5-3-4-6-20(19)16-25/h3-10,15,21H,11-14,16-17H2,1-2H3/b10-8+. The predicted molar refractivity (Wildman–Crippen MR) is 114 cm³/mol. The number of carbonyl (C=O) groups excluding carboxylic acids is 1. The number of hydrogen-bond donors (Lipinski definition) is 0. The van der Waals surface area contributed by atoms with Gasteiger partial charge in [0.05, 0.1) is 14.2 Å². The molecule has 1 saturated heterocycles. The van der Waals surface area contributed by atoms with Crippen LogP contribution in [0.5, 0.6) is 11.5 Å². The third-order valence-corrected chi connectivity index (χ3v) is 5.98. The molecule has 5 nitrogen and oxygen atoms in total. The van der Waals surface area contributed by atoms with Crippen molar-refractivity contribution < 1.29 is 14.3 Å². The molecule has 0 saturated carbocycles. The molecule has 2 aliphatic heterocycles. The van der Waals surface area contributed by atoms with Crippen LogP contribution in [0.3, 0.4) is 0 Å². The van der Waals surface area contributed by atoms with Gasteiger partial charge in [-0.25, -0.2) is 0 Å². The summed E-state index contributed by atoms with van der Waals surface area (Å²) in [7, 11) is 3.22. The molecule has 0 aromatic heterocycles. The van der Waals surface area contributed by atoms with E-state index >= 15 is 0 Å². The van der Waals surface area contributed by atoms with Crippen LogP contribution >= 0.6 is 0 Å². The first-order valence-corrected chi connectivity index (χ1v) is 10.2. The van der Waals surface area contributed by atoms with Crippen LogP contribution in [0.15, 0.2) is 48.5 Å². The first kappa shape index (κ1) is 19.5. The van der Waals surface area contributed by atoms with Gasteiger partial charge in [0.1, 0.15) is 0 Å². The van der Waals surface area contributed by atoms with Crippen LogP contribution in [0.25, 0.3) is 6.08 Å². The van der Waals surface area contributed by atoms with E-state index in [1.54, 1.807) is 20.3 Å². The van der Waals surface area contributed by atoms with Crippen LogP contribution in [0.1, 0.15) is 23.1 Å². The number of methoxy groups -OCH3 is 2. The summed E-state index contributed by atoms with van der Waals surface area (Å²) in [5, 5.41) is 0. The van der Waals surface area contributed by atoms with Gasteiger partial charge in [-0.15, -0.1) is 0 Å². The van der Waals surface area contributed by atoms with E-state index in [-0.39, 0.29) is 5.91 Å². The summed E-state index contributed by atoms with van der Waals surface area (Å²) in [6, 6.07) is 14.8. The van der Waals surface area contributed by atoms with Crippen molar-refractivity contribution in [1.82, 2.24) is 9.80 Å². The van der Waals surface area contributed by atoms with Crippen molar-refractivity contribution in [2.45, 2.75) is 25.4 Å². The molecule has 1 amide bonds. The number of fused-ring (bicyclic) bond motifs is 1. The second-order valence-corrected chi connectivity index (χ2v) is 7.66. The highest BCUT2D eigenvalue weighted by atomic mass is 16.5. The van der Waals surface area contributed by atoms with E-state index in [1.165, 1.54) is 11.1 Å². The third kappa shape index (κ3) is 4.30. The molecule has 2 aliphatic rings. The maximum atomic E-state index is 12.7. The Bertz CT molecular complexity index is 909. The van der Waals surface area contributed by atoms with Crippen molar-refractivity contribution in [2.24, 2.45) is 0 Å². The van der Waals surface area contributed by atoms with E-state index in [4.69, 9.17) is 9.47 Å². The number of benzene rings is 2. The zero-order valence-electron chi connectivity index (χ0n) is 17.1. The fraction of sp³-hybridized carbons (Fsp3) is 0.375. The first-order chi connectivity index (χ1) is 14.2. The molecule has 2 aromatic rings. The van der Waals surface area contributed by atoms with Crippen molar-refractivity contribution in [3.05, 3.63) is 65.2 Å². The molecule has 2 aromatic carbocycles. The summed E-state index contributed by atoms with van der Waals surface area (Å²) in [5.41, 5.74) is 3.81. The summed E-state index contributed by atoms with van der Waals surface area (Å²) in [6.45, 7) is 3.69. The Labute approximate surface area is 172 Å². The van der Waals surface area contributed by atoms with Gasteiger partial charge in [0, 0.05) is 38.3 Å². The molecule has 1 unspecified atom stereocenters. The minimum Gasteiger partial charge on any atom is -0.493 e. The topological polar surface area (TPSA) is 42.0 Å². The summed E-state index contributed by atoms with van der Waals surface area (Å²) in [5.74, 6) is 1.41. The van der Waals surface area contributed by atoms with Crippen molar-refractivity contribution in [3.8, 4) is 11.5 Å². The Balaban J connectivity index is 1.36. The number of ether oxygens (including phenoxy) is 2. The van der Waals surface area contributed by atoms with Crippen LogP contribution in [-0.4, -0.2) is 55.6 Å². The van der Waals surface area contributed by atoms with E-state index in [1.807, 2.05) is 29.2 Å². The molecule has 0 bridgehead atoms. The molecule has 0 spiro atoms. The summed E-state index contributed by atoms with van der Waals surface area (Å²) < 4.78 is 10.6. The quantitative estimate of drug-likeness (QED) is 0.732. The number of carbonyl (C=O) groups is 1. The Morgan fingerprint density at radius 1 is 1.03 bits per heavy atom. The highest BCUT2D eigenvalue weighted by molar-refractivity contribution is 5.92. The van der Waals surface area contributed by atoms with Crippen molar-refractivity contribution in [3.63, 3.8) is 0 Å². The summed E-state index contributed by atoms with van der Waals surface area (Å²) in [4.78, 5) is 17.2. The average molecular weight is 392 g/mol. The molecule has 5 heteroatoms. The Hall–Kier alpha value is -2.79. The molecule has 1 atom stereocenters. The smallest absolute Gasteiger partial charge is 0.246 e. The molecule has 152 valence electrons. The second-order valence-electron chi connectivity index (χ2n) is 7.66. The Kier molecular flexibility index (Phi) is 5.86. The zero-order valence-corrected chi connectivity index (χ0v) is 17.1. The van der Waals surface area contributed by atoms with E-state index in [0.717, 1.165) is 44.6 Å². The zero-order chi connectivity index (χ0) is 20.2. The maximum absolute atomic E-state index is 12.7. The fourth-order valence-electron chi connectivity index (χ4n) is 4.30. The van der Waals surface area contributed by atoms with Crippen molar-refractivity contribution >= 4 is 12.0 Å². The van der Waals surface area contributed by atoms with Crippen LogP contribution in [0.4, 0.5) is 0 Å². The molecule has 2 heterocycles. The number of nitrogens with zero attached hydrogens (tertiary/aromatic N) is 2. The van der Waals surface area contributed by atoms with Gasteiger partial charge in [0.25, 0.3) is 0 Å². The van der Waals surface area contributed by atoms with Gasteiger partial charge < -0.3 is 14.4 Å². The highest BCUT2D eigenvalue weighted by Crippen LogP contribution is 2.28. The Morgan fingerprint density at radius 3 is 2.62 bits per heavy atom. The van der Waals surface area contributed by atoms with Gasteiger partial charge in [-0.3, -0.25) is 9.69 Å². The maximum Gasteiger partial charge on any atom is 0.246 e. The number of hydrogen-bond acceptors (Lipinski definition) is 4. The molecule has 0 aliphatic carbocycles. The van der Waals surface area contributed by atoms with Crippen LogP contribution < -0.4 is 9.47 Å². The molecule has 29 heavy (non-hydrogen) atoms. The Morgan fingerprint density at radius 2 is 1.83 bits per heavy atom. The summed E-state index contributed by atoms with van der Waals surface area (Å²) in [6.07, 6.45) is 5.64. The lowest BCUT2D eigenvalue weighted by Gasteiger charge is -2.33. The average Bonchev–Trinajstić information content (AvgIpc) is 3.27. The molecule has 1 fully saturated rings. The van der Waals surface area contributed by atoms with Gasteiger partial charge in [-0.1, -0.05) is 30.3 Å². The largest absolute Gasteiger partial charge is 0.493 e.